The highest BCUT2D eigenvalue weighted by atomic mass is 79.9. The molecule has 0 aliphatic carbocycles. The summed E-state index contributed by atoms with van der Waals surface area (Å²) >= 11 is 3.34. The second kappa shape index (κ2) is 6.75. The van der Waals surface area contributed by atoms with Crippen LogP contribution in [0.2, 0.25) is 0 Å². The fourth-order valence-electron chi connectivity index (χ4n) is 1.55. The Morgan fingerprint density at radius 1 is 1.44 bits per heavy atom. The Kier molecular flexibility index (Phi) is 5.62. The minimum Gasteiger partial charge on any atom is -0.481 e. The van der Waals surface area contributed by atoms with Gasteiger partial charge in [0.15, 0.2) is 6.61 Å². The zero-order chi connectivity index (χ0) is 13.7. The molecule has 0 saturated heterocycles. The minimum absolute atomic E-state index is 0.144. The number of hydrogen-bond donors (Lipinski definition) is 1. The summed E-state index contributed by atoms with van der Waals surface area (Å²) in [7, 11) is 0. The molecule has 100 valence electrons. The molecule has 0 unspecified atom stereocenters. The fourth-order valence-corrected chi connectivity index (χ4v) is 2.17. The van der Waals surface area contributed by atoms with E-state index in [4.69, 9.17) is 9.47 Å². The van der Waals surface area contributed by atoms with Crippen LogP contribution in [0.25, 0.3) is 0 Å². The monoisotopic (exact) mass is 316 g/mol. The number of aliphatic hydroxyl groups is 1. The average molecular weight is 317 g/mol. The van der Waals surface area contributed by atoms with Gasteiger partial charge >= 0.3 is 5.97 Å². The number of aryl methyl sites for hydroxylation is 1. The zero-order valence-electron chi connectivity index (χ0n) is 10.7. The van der Waals surface area contributed by atoms with E-state index in [2.05, 4.69) is 15.9 Å². The third-order valence-corrected chi connectivity index (χ3v) is 2.65. The van der Waals surface area contributed by atoms with Crippen molar-refractivity contribution in [3.05, 3.63) is 27.7 Å². The maximum Gasteiger partial charge on any atom is 0.344 e. The van der Waals surface area contributed by atoms with Crippen LogP contribution in [0.4, 0.5) is 0 Å². The van der Waals surface area contributed by atoms with Crippen molar-refractivity contribution >= 4 is 21.9 Å². The topological polar surface area (TPSA) is 55.8 Å². The van der Waals surface area contributed by atoms with Crippen molar-refractivity contribution < 1.29 is 19.4 Å². The van der Waals surface area contributed by atoms with Crippen molar-refractivity contribution in [1.29, 1.82) is 0 Å². The third-order valence-electron chi connectivity index (χ3n) is 2.19. The Balaban J connectivity index is 2.75. The number of halogens is 1. The summed E-state index contributed by atoms with van der Waals surface area (Å²) < 4.78 is 11.3. The van der Waals surface area contributed by atoms with Gasteiger partial charge in [-0.2, -0.15) is 0 Å². The quantitative estimate of drug-likeness (QED) is 0.848. The lowest BCUT2D eigenvalue weighted by Crippen LogP contribution is -2.19. The number of hydrogen-bond acceptors (Lipinski definition) is 4. The van der Waals surface area contributed by atoms with Gasteiger partial charge in [0.25, 0.3) is 0 Å². The lowest BCUT2D eigenvalue weighted by atomic mass is 10.1. The Bertz CT molecular complexity index is 429. The zero-order valence-corrected chi connectivity index (χ0v) is 12.3. The van der Waals surface area contributed by atoms with Crippen molar-refractivity contribution in [3.8, 4) is 5.75 Å². The summed E-state index contributed by atoms with van der Waals surface area (Å²) in [6.45, 7) is 5.11. The first-order valence-electron chi connectivity index (χ1n) is 5.66. The smallest absolute Gasteiger partial charge is 0.344 e. The summed E-state index contributed by atoms with van der Waals surface area (Å²) in [6, 6.07) is 3.62. The van der Waals surface area contributed by atoms with Crippen molar-refractivity contribution in [2.45, 2.75) is 33.5 Å². The third kappa shape index (κ3) is 4.31. The molecule has 0 radical (unpaired) electrons. The van der Waals surface area contributed by atoms with E-state index in [1.54, 1.807) is 19.9 Å². The molecule has 0 aliphatic rings. The molecule has 18 heavy (non-hydrogen) atoms. The Morgan fingerprint density at radius 3 is 2.67 bits per heavy atom. The van der Waals surface area contributed by atoms with E-state index in [0.717, 1.165) is 10.0 Å². The molecule has 4 nitrogen and oxygen atoms in total. The van der Waals surface area contributed by atoms with Crippen LogP contribution in [-0.2, 0) is 16.1 Å². The van der Waals surface area contributed by atoms with Crippen LogP contribution in [0, 0.1) is 6.92 Å². The number of aliphatic hydroxyl groups excluding tert-OH is 1. The van der Waals surface area contributed by atoms with Crippen molar-refractivity contribution in [2.75, 3.05) is 6.61 Å². The molecule has 0 heterocycles. The second-order valence-electron chi connectivity index (χ2n) is 4.20. The molecule has 0 aromatic heterocycles. The van der Waals surface area contributed by atoms with Gasteiger partial charge in [-0.1, -0.05) is 15.9 Å². The molecule has 0 amide bonds. The van der Waals surface area contributed by atoms with Gasteiger partial charge in [-0.05, 0) is 38.5 Å². The molecule has 0 fully saturated rings. The molecule has 0 spiro atoms. The van der Waals surface area contributed by atoms with E-state index >= 15 is 0 Å². The molecule has 1 aromatic carbocycles. The van der Waals surface area contributed by atoms with Crippen LogP contribution in [-0.4, -0.2) is 23.8 Å². The van der Waals surface area contributed by atoms with E-state index in [9.17, 15) is 9.90 Å². The Morgan fingerprint density at radius 2 is 2.11 bits per heavy atom. The normalized spacial score (nSPS) is 10.6. The summed E-state index contributed by atoms with van der Waals surface area (Å²) in [5.74, 6) is 0.109. The molecule has 1 aromatic rings. The van der Waals surface area contributed by atoms with Crippen LogP contribution in [0.3, 0.4) is 0 Å². The van der Waals surface area contributed by atoms with Gasteiger partial charge in [0.2, 0.25) is 0 Å². The van der Waals surface area contributed by atoms with E-state index < -0.39 is 5.97 Å². The van der Waals surface area contributed by atoms with Gasteiger partial charge in [-0.3, -0.25) is 0 Å². The first kappa shape index (κ1) is 15.0. The van der Waals surface area contributed by atoms with Gasteiger partial charge in [0.05, 0.1) is 12.7 Å². The van der Waals surface area contributed by atoms with Crippen molar-refractivity contribution in [3.63, 3.8) is 0 Å². The predicted octanol–water partition coefficient (Wildman–Crippen LogP) is 2.58. The highest BCUT2D eigenvalue weighted by molar-refractivity contribution is 9.10. The van der Waals surface area contributed by atoms with Gasteiger partial charge in [0, 0.05) is 10.0 Å². The van der Waals surface area contributed by atoms with Gasteiger partial charge in [0.1, 0.15) is 5.75 Å². The van der Waals surface area contributed by atoms with Gasteiger partial charge in [-0.15, -0.1) is 0 Å². The molecular weight excluding hydrogens is 300 g/mol. The average Bonchev–Trinajstić information content (AvgIpc) is 2.25. The fraction of sp³-hybridized carbons (Fsp3) is 0.462. The molecule has 0 aliphatic heterocycles. The summed E-state index contributed by atoms with van der Waals surface area (Å²) in [5, 5.41) is 9.26. The molecular formula is C13H17BrO4. The lowest BCUT2D eigenvalue weighted by Gasteiger charge is -2.14. The van der Waals surface area contributed by atoms with Crippen LogP contribution in [0.5, 0.6) is 5.75 Å². The molecule has 0 saturated carbocycles. The number of benzene rings is 1. The highest BCUT2D eigenvalue weighted by Crippen LogP contribution is 2.28. The van der Waals surface area contributed by atoms with Crippen LogP contribution in [0.1, 0.15) is 25.0 Å². The summed E-state index contributed by atoms with van der Waals surface area (Å²) in [4.78, 5) is 11.4. The van der Waals surface area contributed by atoms with Crippen LogP contribution < -0.4 is 4.74 Å². The number of rotatable bonds is 5. The second-order valence-corrected chi connectivity index (χ2v) is 5.11. The van der Waals surface area contributed by atoms with Gasteiger partial charge < -0.3 is 14.6 Å². The number of carbonyl (C=O) groups excluding carboxylic acids is 1. The van der Waals surface area contributed by atoms with E-state index in [1.165, 1.54) is 0 Å². The standard InChI is InChI=1S/C13H17BrO4/c1-8(2)18-12(16)7-17-13-9(3)4-11(14)5-10(13)6-15/h4-5,8,15H,6-7H2,1-3H3. The summed E-state index contributed by atoms with van der Waals surface area (Å²) in [5.41, 5.74) is 1.49. The van der Waals surface area contributed by atoms with Gasteiger partial charge in [-0.25, -0.2) is 4.79 Å². The van der Waals surface area contributed by atoms with Crippen molar-refractivity contribution in [2.24, 2.45) is 0 Å². The number of carbonyl (C=O) groups is 1. The Labute approximate surface area is 115 Å². The number of ether oxygens (including phenoxy) is 2. The largest absolute Gasteiger partial charge is 0.481 e. The summed E-state index contributed by atoms with van der Waals surface area (Å²) in [6.07, 6.45) is -0.163. The molecule has 1 rings (SSSR count). The van der Waals surface area contributed by atoms with Crippen LogP contribution >= 0.6 is 15.9 Å². The highest BCUT2D eigenvalue weighted by Gasteiger charge is 2.12. The van der Waals surface area contributed by atoms with Crippen molar-refractivity contribution in [1.82, 2.24) is 0 Å². The Hall–Kier alpha value is -1.07. The van der Waals surface area contributed by atoms with E-state index in [0.29, 0.717) is 11.3 Å². The maximum absolute atomic E-state index is 11.4. The first-order chi connectivity index (χ1) is 8.43. The molecule has 1 N–H and O–H groups in total. The maximum atomic E-state index is 11.4. The molecule has 0 atom stereocenters. The van der Waals surface area contributed by atoms with E-state index in [-0.39, 0.29) is 19.3 Å². The number of esters is 1. The first-order valence-corrected chi connectivity index (χ1v) is 6.45. The molecule has 5 heteroatoms. The lowest BCUT2D eigenvalue weighted by molar-refractivity contribution is -0.149. The predicted molar refractivity (Wildman–Crippen MR) is 71.5 cm³/mol. The minimum atomic E-state index is -0.420. The molecule has 0 bridgehead atoms. The van der Waals surface area contributed by atoms with Crippen LogP contribution in [0.15, 0.2) is 16.6 Å². The SMILES string of the molecule is Cc1cc(Br)cc(CO)c1OCC(=O)OC(C)C. The van der Waals surface area contributed by atoms with E-state index in [1.807, 2.05) is 13.0 Å².